The predicted molar refractivity (Wildman–Crippen MR) is 117 cm³/mol. The van der Waals surface area contributed by atoms with Gasteiger partial charge in [0.1, 0.15) is 5.82 Å². The van der Waals surface area contributed by atoms with Gasteiger partial charge in [0.25, 0.3) is 0 Å². The van der Waals surface area contributed by atoms with E-state index in [1.165, 1.54) is 22.2 Å². The predicted octanol–water partition coefficient (Wildman–Crippen LogP) is 4.71. The average molecular weight is 413 g/mol. The van der Waals surface area contributed by atoms with E-state index in [4.69, 9.17) is 0 Å². The van der Waals surface area contributed by atoms with E-state index in [1.54, 1.807) is 11.8 Å². The Morgan fingerprint density at radius 2 is 1.82 bits per heavy atom. The number of para-hydroxylation sites is 1. The summed E-state index contributed by atoms with van der Waals surface area (Å²) in [4.78, 5) is 13.5. The molecule has 5 nitrogen and oxygen atoms in total. The van der Waals surface area contributed by atoms with Crippen molar-refractivity contribution in [3.8, 4) is 0 Å². The van der Waals surface area contributed by atoms with Crippen LogP contribution in [0.1, 0.15) is 23.9 Å². The van der Waals surface area contributed by atoms with Crippen molar-refractivity contribution < 1.29 is 4.79 Å². The van der Waals surface area contributed by atoms with E-state index in [-0.39, 0.29) is 5.91 Å². The summed E-state index contributed by atoms with van der Waals surface area (Å²) in [6.07, 6.45) is 0.884. The lowest BCUT2D eigenvalue weighted by molar-refractivity contribution is -0.113. The first-order valence-electron chi connectivity index (χ1n) is 9.15. The molecule has 1 aromatic heterocycles. The smallest absolute Gasteiger partial charge is 0.234 e. The highest BCUT2D eigenvalue weighted by molar-refractivity contribution is 7.99. The molecular weight excluding hydrogens is 388 g/mol. The number of aryl methyl sites for hydroxylation is 2. The summed E-state index contributed by atoms with van der Waals surface area (Å²) >= 11 is 3.13. The molecule has 0 atom stereocenters. The average Bonchev–Trinajstić information content (AvgIpc) is 3.06. The minimum absolute atomic E-state index is 0.0375. The SMILES string of the molecule is CCc1ccccc1NC(=O)CSc1nnc(CSc2ccc(C)cc2)n1C. The molecule has 1 amide bonds. The standard InChI is InChI=1S/C21H24N4OS2/c1-4-16-7-5-6-8-18(16)22-20(26)14-28-21-24-23-19(25(21)3)13-27-17-11-9-15(2)10-12-17/h5-12H,4,13-14H2,1-3H3,(H,22,26). The maximum atomic E-state index is 12.3. The second-order valence-electron chi connectivity index (χ2n) is 6.41. The summed E-state index contributed by atoms with van der Waals surface area (Å²) in [5, 5.41) is 12.3. The maximum Gasteiger partial charge on any atom is 0.234 e. The van der Waals surface area contributed by atoms with Crippen LogP contribution in [0.15, 0.2) is 58.6 Å². The summed E-state index contributed by atoms with van der Waals surface area (Å²) in [5.74, 6) is 1.90. The van der Waals surface area contributed by atoms with Crippen molar-refractivity contribution in [2.75, 3.05) is 11.1 Å². The number of hydrogen-bond donors (Lipinski definition) is 1. The highest BCUT2D eigenvalue weighted by Crippen LogP contribution is 2.24. The molecule has 0 aliphatic rings. The molecule has 0 bridgehead atoms. The van der Waals surface area contributed by atoms with Gasteiger partial charge in [0, 0.05) is 17.6 Å². The molecule has 3 rings (SSSR count). The molecule has 2 aromatic carbocycles. The zero-order valence-corrected chi connectivity index (χ0v) is 17.9. The Hall–Kier alpha value is -2.25. The first-order chi connectivity index (χ1) is 13.6. The highest BCUT2D eigenvalue weighted by atomic mass is 32.2. The molecular formula is C21H24N4OS2. The zero-order valence-electron chi connectivity index (χ0n) is 16.3. The van der Waals surface area contributed by atoms with E-state index in [0.29, 0.717) is 5.75 Å². The van der Waals surface area contributed by atoms with E-state index in [1.807, 2.05) is 35.9 Å². The van der Waals surface area contributed by atoms with Crippen LogP contribution in [0.2, 0.25) is 0 Å². The summed E-state index contributed by atoms with van der Waals surface area (Å²) in [7, 11) is 1.94. The van der Waals surface area contributed by atoms with Gasteiger partial charge < -0.3 is 9.88 Å². The Morgan fingerprint density at radius 1 is 1.07 bits per heavy atom. The van der Waals surface area contributed by atoms with Gasteiger partial charge in [-0.15, -0.1) is 22.0 Å². The number of carbonyl (C=O) groups excluding carboxylic acids is 1. The van der Waals surface area contributed by atoms with Crippen LogP contribution in [0.5, 0.6) is 0 Å². The molecule has 0 saturated carbocycles. The van der Waals surface area contributed by atoms with Gasteiger partial charge in [-0.25, -0.2) is 0 Å². The number of aromatic nitrogens is 3. The normalized spacial score (nSPS) is 10.8. The Labute approximate surface area is 174 Å². The van der Waals surface area contributed by atoms with Crippen LogP contribution in [0.4, 0.5) is 5.69 Å². The third kappa shape index (κ3) is 5.39. The Kier molecular flexibility index (Phi) is 7.17. The fourth-order valence-corrected chi connectivity index (χ4v) is 4.25. The van der Waals surface area contributed by atoms with Crippen molar-refractivity contribution in [1.29, 1.82) is 0 Å². The van der Waals surface area contributed by atoms with Crippen LogP contribution in [0.3, 0.4) is 0 Å². The molecule has 0 unspecified atom stereocenters. The van der Waals surface area contributed by atoms with Gasteiger partial charge in [-0.3, -0.25) is 4.79 Å². The summed E-state index contributed by atoms with van der Waals surface area (Å²) in [6, 6.07) is 16.3. The number of amides is 1. The molecule has 28 heavy (non-hydrogen) atoms. The van der Waals surface area contributed by atoms with Gasteiger partial charge in [0.2, 0.25) is 5.91 Å². The number of nitrogens with zero attached hydrogens (tertiary/aromatic N) is 3. The van der Waals surface area contributed by atoms with Gasteiger partial charge in [-0.05, 0) is 37.1 Å². The number of thioether (sulfide) groups is 2. The third-order valence-electron chi connectivity index (χ3n) is 4.32. The van der Waals surface area contributed by atoms with Crippen molar-refractivity contribution in [3.63, 3.8) is 0 Å². The van der Waals surface area contributed by atoms with Crippen molar-refractivity contribution >= 4 is 35.1 Å². The van der Waals surface area contributed by atoms with Gasteiger partial charge in [0.05, 0.1) is 11.5 Å². The van der Waals surface area contributed by atoms with E-state index >= 15 is 0 Å². The third-order valence-corrected chi connectivity index (χ3v) is 6.35. The van der Waals surface area contributed by atoms with Crippen molar-refractivity contribution in [2.45, 2.75) is 36.1 Å². The van der Waals surface area contributed by atoms with Crippen molar-refractivity contribution in [3.05, 3.63) is 65.5 Å². The van der Waals surface area contributed by atoms with Gasteiger partial charge in [0.15, 0.2) is 5.16 Å². The van der Waals surface area contributed by atoms with Crippen LogP contribution in [0.25, 0.3) is 0 Å². The number of carbonyl (C=O) groups is 1. The quantitative estimate of drug-likeness (QED) is 0.543. The van der Waals surface area contributed by atoms with Crippen molar-refractivity contribution in [2.24, 2.45) is 7.05 Å². The second-order valence-corrected chi connectivity index (χ2v) is 8.40. The maximum absolute atomic E-state index is 12.3. The molecule has 0 aliphatic heterocycles. The molecule has 0 radical (unpaired) electrons. The lowest BCUT2D eigenvalue weighted by atomic mass is 10.1. The van der Waals surface area contributed by atoms with E-state index in [9.17, 15) is 4.79 Å². The molecule has 0 spiro atoms. The Balaban J connectivity index is 1.53. The monoisotopic (exact) mass is 412 g/mol. The van der Waals surface area contributed by atoms with Crippen LogP contribution >= 0.6 is 23.5 Å². The Bertz CT molecular complexity index is 938. The van der Waals surface area contributed by atoms with Crippen LogP contribution in [0, 0.1) is 6.92 Å². The van der Waals surface area contributed by atoms with Crippen LogP contribution in [-0.4, -0.2) is 26.4 Å². The minimum Gasteiger partial charge on any atom is -0.325 e. The fraction of sp³-hybridized carbons (Fsp3) is 0.286. The topological polar surface area (TPSA) is 59.8 Å². The molecule has 146 valence electrons. The van der Waals surface area contributed by atoms with Crippen LogP contribution in [-0.2, 0) is 24.0 Å². The summed E-state index contributed by atoms with van der Waals surface area (Å²) in [5.41, 5.74) is 3.26. The molecule has 0 aliphatic carbocycles. The highest BCUT2D eigenvalue weighted by Gasteiger charge is 2.12. The Morgan fingerprint density at radius 3 is 2.57 bits per heavy atom. The molecule has 1 N–H and O–H groups in total. The fourth-order valence-electron chi connectivity index (χ4n) is 2.65. The number of benzene rings is 2. The van der Waals surface area contributed by atoms with E-state index < -0.39 is 0 Å². The van der Waals surface area contributed by atoms with E-state index in [0.717, 1.165) is 34.4 Å². The molecule has 0 saturated heterocycles. The number of anilines is 1. The molecule has 3 aromatic rings. The number of rotatable bonds is 8. The summed E-state index contributed by atoms with van der Waals surface area (Å²) in [6.45, 7) is 4.16. The zero-order chi connectivity index (χ0) is 19.9. The number of nitrogens with one attached hydrogen (secondary N) is 1. The molecule has 0 fully saturated rings. The van der Waals surface area contributed by atoms with E-state index in [2.05, 4.69) is 53.6 Å². The van der Waals surface area contributed by atoms with Crippen molar-refractivity contribution in [1.82, 2.24) is 14.8 Å². The lowest BCUT2D eigenvalue weighted by Gasteiger charge is -2.09. The van der Waals surface area contributed by atoms with Gasteiger partial charge >= 0.3 is 0 Å². The van der Waals surface area contributed by atoms with Gasteiger partial charge in [-0.1, -0.05) is 54.6 Å². The molecule has 1 heterocycles. The largest absolute Gasteiger partial charge is 0.325 e. The van der Waals surface area contributed by atoms with Gasteiger partial charge in [-0.2, -0.15) is 0 Å². The minimum atomic E-state index is -0.0375. The van der Waals surface area contributed by atoms with Crippen LogP contribution < -0.4 is 5.32 Å². The number of hydrogen-bond acceptors (Lipinski definition) is 5. The summed E-state index contributed by atoms with van der Waals surface area (Å²) < 4.78 is 1.96. The first-order valence-corrected chi connectivity index (χ1v) is 11.1. The first kappa shape index (κ1) is 20.5. The second kappa shape index (κ2) is 9.80. The molecule has 7 heteroatoms. The lowest BCUT2D eigenvalue weighted by Crippen LogP contribution is -2.15.